The number of benzene rings is 1. The van der Waals surface area contributed by atoms with Crippen molar-refractivity contribution in [2.24, 2.45) is 5.41 Å². The van der Waals surface area contributed by atoms with Gasteiger partial charge in [-0.15, -0.1) is 0 Å². The van der Waals surface area contributed by atoms with Gasteiger partial charge in [0.2, 0.25) is 10.0 Å². The fourth-order valence-electron chi connectivity index (χ4n) is 1.88. The van der Waals surface area contributed by atoms with Gasteiger partial charge >= 0.3 is 5.97 Å². The van der Waals surface area contributed by atoms with Gasteiger partial charge in [-0.25, -0.2) is 13.1 Å². The second kappa shape index (κ2) is 5.42. The van der Waals surface area contributed by atoms with E-state index in [9.17, 15) is 18.3 Å². The van der Waals surface area contributed by atoms with Gasteiger partial charge in [-0.3, -0.25) is 4.79 Å². The normalized spacial score (nSPS) is 13.2. The van der Waals surface area contributed by atoms with Gasteiger partial charge < -0.3 is 5.11 Å². The number of hydrogen-bond acceptors (Lipinski definition) is 3. The fraction of sp³-hybridized carbons (Fsp3) is 0.533. The third kappa shape index (κ3) is 3.63. The summed E-state index contributed by atoms with van der Waals surface area (Å²) in [6, 6.07) is 5.02. The van der Waals surface area contributed by atoms with Crippen LogP contribution in [0.15, 0.2) is 23.1 Å². The first-order valence-corrected chi connectivity index (χ1v) is 8.13. The molecule has 0 amide bonds. The molecule has 0 bridgehead atoms. The van der Waals surface area contributed by atoms with E-state index in [1.807, 2.05) is 19.9 Å². The van der Waals surface area contributed by atoms with Crippen LogP contribution in [0.25, 0.3) is 0 Å². The zero-order valence-electron chi connectivity index (χ0n) is 13.3. The van der Waals surface area contributed by atoms with Crippen molar-refractivity contribution < 1.29 is 18.3 Å². The number of carbonyl (C=O) groups is 1. The van der Waals surface area contributed by atoms with Gasteiger partial charge in [0.1, 0.15) is 0 Å². The molecule has 0 unspecified atom stereocenters. The maximum atomic E-state index is 12.5. The van der Waals surface area contributed by atoms with Crippen molar-refractivity contribution in [1.29, 1.82) is 0 Å². The Morgan fingerprint density at radius 3 is 1.86 bits per heavy atom. The van der Waals surface area contributed by atoms with Gasteiger partial charge in [0.25, 0.3) is 0 Å². The Labute approximate surface area is 126 Å². The van der Waals surface area contributed by atoms with Crippen LogP contribution < -0.4 is 4.72 Å². The number of aliphatic carboxylic acids is 1. The molecule has 118 valence electrons. The van der Waals surface area contributed by atoms with E-state index in [4.69, 9.17) is 0 Å². The van der Waals surface area contributed by atoms with Gasteiger partial charge in [0.15, 0.2) is 0 Å². The third-order valence-corrected chi connectivity index (χ3v) is 5.63. The topological polar surface area (TPSA) is 83.5 Å². The number of aryl methyl sites for hydroxylation is 2. The summed E-state index contributed by atoms with van der Waals surface area (Å²) >= 11 is 0. The number of carboxylic acids is 1. The molecule has 0 radical (unpaired) electrons. The van der Waals surface area contributed by atoms with Crippen LogP contribution in [0.3, 0.4) is 0 Å². The Morgan fingerprint density at radius 2 is 1.48 bits per heavy atom. The Balaban J connectivity index is 3.24. The van der Waals surface area contributed by atoms with Gasteiger partial charge in [-0.05, 0) is 64.8 Å². The quantitative estimate of drug-likeness (QED) is 0.874. The average molecular weight is 313 g/mol. The number of sulfonamides is 1. The molecule has 0 aliphatic carbocycles. The SMILES string of the molecule is Cc1cc(C)cc(S(=O)(=O)NC(C)(C)C(C)(C)C(=O)O)c1. The molecule has 0 atom stereocenters. The summed E-state index contributed by atoms with van der Waals surface area (Å²) in [6.45, 7) is 9.78. The van der Waals surface area contributed by atoms with Gasteiger partial charge in [-0.2, -0.15) is 0 Å². The number of hydrogen-bond donors (Lipinski definition) is 2. The van der Waals surface area contributed by atoms with Crippen molar-refractivity contribution in [2.75, 3.05) is 0 Å². The molecule has 1 rings (SSSR count). The summed E-state index contributed by atoms with van der Waals surface area (Å²) in [5.41, 5.74) is -0.717. The molecule has 5 nitrogen and oxygen atoms in total. The second-order valence-corrected chi connectivity index (χ2v) is 8.17. The Bertz CT molecular complexity index is 640. The molecule has 21 heavy (non-hydrogen) atoms. The Morgan fingerprint density at radius 1 is 1.05 bits per heavy atom. The van der Waals surface area contributed by atoms with Crippen LogP contribution in [0.5, 0.6) is 0 Å². The molecule has 0 saturated heterocycles. The van der Waals surface area contributed by atoms with Crippen molar-refractivity contribution in [3.63, 3.8) is 0 Å². The summed E-state index contributed by atoms with van der Waals surface area (Å²) < 4.78 is 27.6. The first-order chi connectivity index (χ1) is 9.29. The molecule has 0 fully saturated rings. The molecule has 1 aromatic rings. The molecule has 0 aliphatic heterocycles. The summed E-state index contributed by atoms with van der Waals surface area (Å²) in [6.07, 6.45) is 0. The highest BCUT2D eigenvalue weighted by Gasteiger charge is 2.45. The Kier molecular flexibility index (Phi) is 4.56. The standard InChI is InChI=1S/C15H23NO4S/c1-10-7-11(2)9-12(8-10)21(19,20)16-15(5,6)14(3,4)13(17)18/h7-9,16H,1-6H3,(H,17,18). The molecule has 0 aliphatic rings. The van der Waals surface area contributed by atoms with E-state index in [1.165, 1.54) is 13.8 Å². The smallest absolute Gasteiger partial charge is 0.310 e. The summed E-state index contributed by atoms with van der Waals surface area (Å²) in [5, 5.41) is 9.30. The lowest BCUT2D eigenvalue weighted by atomic mass is 9.75. The summed E-state index contributed by atoms with van der Waals surface area (Å²) in [4.78, 5) is 11.5. The summed E-state index contributed by atoms with van der Waals surface area (Å²) in [7, 11) is -3.79. The van der Waals surface area contributed by atoms with Crippen molar-refractivity contribution >= 4 is 16.0 Å². The molecule has 0 aromatic heterocycles. The average Bonchev–Trinajstić information content (AvgIpc) is 2.25. The maximum absolute atomic E-state index is 12.5. The summed E-state index contributed by atoms with van der Waals surface area (Å²) in [5.74, 6) is -1.06. The number of rotatable bonds is 5. The van der Waals surface area contributed by atoms with Crippen LogP contribution in [0, 0.1) is 19.3 Å². The molecular formula is C15H23NO4S. The van der Waals surface area contributed by atoms with E-state index < -0.39 is 26.9 Å². The van der Waals surface area contributed by atoms with E-state index in [1.54, 1.807) is 26.0 Å². The number of nitrogens with one attached hydrogen (secondary N) is 1. The van der Waals surface area contributed by atoms with Crippen LogP contribution >= 0.6 is 0 Å². The van der Waals surface area contributed by atoms with E-state index in [-0.39, 0.29) is 4.90 Å². The predicted molar refractivity (Wildman–Crippen MR) is 81.7 cm³/mol. The molecule has 0 spiro atoms. The van der Waals surface area contributed by atoms with E-state index in [0.717, 1.165) is 11.1 Å². The van der Waals surface area contributed by atoms with E-state index >= 15 is 0 Å². The maximum Gasteiger partial charge on any atom is 0.310 e. The highest BCUT2D eigenvalue weighted by atomic mass is 32.2. The minimum atomic E-state index is -3.79. The highest BCUT2D eigenvalue weighted by molar-refractivity contribution is 7.89. The Hall–Kier alpha value is -1.40. The van der Waals surface area contributed by atoms with Crippen LogP contribution in [0.2, 0.25) is 0 Å². The lowest BCUT2D eigenvalue weighted by molar-refractivity contribution is -0.150. The van der Waals surface area contributed by atoms with Crippen molar-refractivity contribution in [1.82, 2.24) is 4.72 Å². The zero-order valence-corrected chi connectivity index (χ0v) is 14.1. The molecule has 1 aromatic carbocycles. The van der Waals surface area contributed by atoms with Crippen molar-refractivity contribution in [2.45, 2.75) is 52.0 Å². The van der Waals surface area contributed by atoms with Crippen molar-refractivity contribution in [3.05, 3.63) is 29.3 Å². The van der Waals surface area contributed by atoms with Crippen LogP contribution in [-0.2, 0) is 14.8 Å². The monoisotopic (exact) mass is 313 g/mol. The minimum absolute atomic E-state index is 0.147. The minimum Gasteiger partial charge on any atom is -0.481 e. The lowest BCUT2D eigenvalue weighted by Crippen LogP contribution is -2.56. The molecule has 0 saturated carbocycles. The first kappa shape index (κ1) is 17.7. The largest absolute Gasteiger partial charge is 0.481 e. The van der Waals surface area contributed by atoms with Gasteiger partial charge in [0, 0.05) is 5.54 Å². The zero-order chi connectivity index (χ0) is 16.6. The predicted octanol–water partition coefficient (Wildman–Crippen LogP) is 2.47. The van der Waals surface area contributed by atoms with Crippen LogP contribution in [0.1, 0.15) is 38.8 Å². The molecular weight excluding hydrogens is 290 g/mol. The van der Waals surface area contributed by atoms with E-state index in [0.29, 0.717) is 0 Å². The highest BCUT2D eigenvalue weighted by Crippen LogP contribution is 2.32. The lowest BCUT2D eigenvalue weighted by Gasteiger charge is -2.38. The molecule has 6 heteroatoms. The molecule has 0 heterocycles. The van der Waals surface area contributed by atoms with Crippen molar-refractivity contribution in [3.8, 4) is 0 Å². The van der Waals surface area contributed by atoms with Crippen LogP contribution in [-0.4, -0.2) is 25.0 Å². The van der Waals surface area contributed by atoms with E-state index in [2.05, 4.69) is 4.72 Å². The second-order valence-electron chi connectivity index (χ2n) is 6.48. The number of carboxylic acid groups (broad SMARTS) is 1. The van der Waals surface area contributed by atoms with Crippen LogP contribution in [0.4, 0.5) is 0 Å². The van der Waals surface area contributed by atoms with Gasteiger partial charge in [0.05, 0.1) is 10.3 Å². The fourth-order valence-corrected chi connectivity index (χ4v) is 3.60. The molecule has 2 N–H and O–H groups in total. The first-order valence-electron chi connectivity index (χ1n) is 6.65. The third-order valence-electron chi connectivity index (χ3n) is 3.99. The van der Waals surface area contributed by atoms with Gasteiger partial charge in [-0.1, -0.05) is 6.07 Å².